The van der Waals surface area contributed by atoms with Crippen molar-refractivity contribution in [3.8, 4) is 0 Å². The standard InChI is InChI=1S/C15H26N2OS.2C2H6/c1-12(8-11-17-19-16)4-5-14(3)15(18)9-6-13(2)7-10-15;2*1-2/h4-5,13,17-18H,1,3,6-11,16H2,2H3;2*1-2H3/b5-4-;;. The van der Waals surface area contributed by atoms with Crippen LogP contribution >= 0.6 is 12.1 Å². The van der Waals surface area contributed by atoms with E-state index in [9.17, 15) is 5.11 Å². The Kier molecular flexibility index (Phi) is 16.1. The highest BCUT2D eigenvalue weighted by atomic mass is 32.2. The molecule has 23 heavy (non-hydrogen) atoms. The highest BCUT2D eigenvalue weighted by Crippen LogP contribution is 2.36. The van der Waals surface area contributed by atoms with Gasteiger partial charge in [-0.25, -0.2) is 0 Å². The molecule has 1 aliphatic rings. The van der Waals surface area contributed by atoms with E-state index in [1.165, 1.54) is 0 Å². The van der Waals surface area contributed by atoms with Gasteiger partial charge in [0, 0.05) is 18.7 Å². The Labute approximate surface area is 148 Å². The Hall–Kier alpha value is -0.550. The Bertz CT molecular complexity index is 345. The van der Waals surface area contributed by atoms with Crippen LogP contribution in [0.4, 0.5) is 0 Å². The van der Waals surface area contributed by atoms with E-state index in [1.807, 2.05) is 39.8 Å². The molecule has 0 aromatic rings. The summed E-state index contributed by atoms with van der Waals surface area (Å²) in [6.45, 7) is 19.0. The van der Waals surface area contributed by atoms with Gasteiger partial charge in [0.15, 0.2) is 0 Å². The van der Waals surface area contributed by atoms with Crippen molar-refractivity contribution < 1.29 is 5.11 Å². The Morgan fingerprint density at radius 2 is 1.74 bits per heavy atom. The molecule has 0 heterocycles. The second-order valence-corrected chi connectivity index (χ2v) is 6.02. The smallest absolute Gasteiger partial charge is 0.0891 e. The largest absolute Gasteiger partial charge is 0.385 e. The molecule has 0 radical (unpaired) electrons. The van der Waals surface area contributed by atoms with E-state index in [1.54, 1.807) is 0 Å². The van der Waals surface area contributed by atoms with Crippen molar-refractivity contribution in [1.29, 1.82) is 0 Å². The van der Waals surface area contributed by atoms with E-state index < -0.39 is 5.60 Å². The number of hydrogen-bond acceptors (Lipinski definition) is 4. The molecule has 0 atom stereocenters. The lowest BCUT2D eigenvalue weighted by Gasteiger charge is -2.35. The summed E-state index contributed by atoms with van der Waals surface area (Å²) in [7, 11) is 0. The molecular formula is C19H38N2OS. The molecule has 0 aromatic carbocycles. The molecule has 1 fully saturated rings. The van der Waals surface area contributed by atoms with Crippen LogP contribution in [0.3, 0.4) is 0 Å². The summed E-state index contributed by atoms with van der Waals surface area (Å²) in [6.07, 6.45) is 8.47. The van der Waals surface area contributed by atoms with Gasteiger partial charge in [-0.3, -0.25) is 9.86 Å². The average Bonchev–Trinajstić information content (AvgIpc) is 2.59. The number of hydrogen-bond donors (Lipinski definition) is 3. The molecule has 4 N–H and O–H groups in total. The Morgan fingerprint density at radius 3 is 2.22 bits per heavy atom. The number of aliphatic hydroxyl groups is 1. The summed E-state index contributed by atoms with van der Waals surface area (Å²) in [6, 6.07) is 0. The summed E-state index contributed by atoms with van der Waals surface area (Å²) in [5.41, 5.74) is 1.10. The van der Waals surface area contributed by atoms with Gasteiger partial charge in [0.25, 0.3) is 0 Å². The Balaban J connectivity index is 0. The van der Waals surface area contributed by atoms with Crippen molar-refractivity contribution >= 4 is 12.1 Å². The molecule has 0 unspecified atom stereocenters. The molecule has 1 aliphatic carbocycles. The molecule has 0 spiro atoms. The predicted molar refractivity (Wildman–Crippen MR) is 107 cm³/mol. The number of nitrogens with two attached hydrogens (primary N) is 1. The lowest BCUT2D eigenvalue weighted by atomic mass is 9.76. The highest BCUT2D eigenvalue weighted by molar-refractivity contribution is 7.95. The molecule has 0 bridgehead atoms. The zero-order chi connectivity index (χ0) is 18.3. The lowest BCUT2D eigenvalue weighted by Crippen LogP contribution is -2.34. The lowest BCUT2D eigenvalue weighted by molar-refractivity contribution is 0.0304. The van der Waals surface area contributed by atoms with Crippen LogP contribution in [-0.2, 0) is 0 Å². The Morgan fingerprint density at radius 1 is 1.22 bits per heavy atom. The quantitative estimate of drug-likeness (QED) is 0.340. The van der Waals surface area contributed by atoms with Crippen LogP contribution in [0.5, 0.6) is 0 Å². The third-order valence-electron chi connectivity index (χ3n) is 3.85. The first kappa shape index (κ1) is 24.7. The van der Waals surface area contributed by atoms with E-state index in [4.69, 9.17) is 5.14 Å². The van der Waals surface area contributed by atoms with Gasteiger partial charge in [0.1, 0.15) is 0 Å². The molecule has 0 aliphatic heterocycles. The van der Waals surface area contributed by atoms with Crippen molar-refractivity contribution in [3.05, 3.63) is 36.5 Å². The molecule has 0 aromatic heterocycles. The third kappa shape index (κ3) is 10.8. The van der Waals surface area contributed by atoms with E-state index >= 15 is 0 Å². The fraction of sp³-hybridized carbons (Fsp3) is 0.684. The van der Waals surface area contributed by atoms with Gasteiger partial charge in [-0.15, -0.1) is 0 Å². The molecule has 136 valence electrons. The fourth-order valence-electron chi connectivity index (χ4n) is 2.29. The summed E-state index contributed by atoms with van der Waals surface area (Å²) >= 11 is 1.12. The first-order valence-corrected chi connectivity index (χ1v) is 9.72. The second kappa shape index (κ2) is 15.0. The third-order valence-corrected chi connectivity index (χ3v) is 4.22. The molecule has 0 amide bonds. The van der Waals surface area contributed by atoms with Crippen LogP contribution in [0.25, 0.3) is 0 Å². The molecular weight excluding hydrogens is 304 g/mol. The molecule has 3 nitrogen and oxygen atoms in total. The average molecular weight is 343 g/mol. The van der Waals surface area contributed by atoms with Crippen LogP contribution in [-0.4, -0.2) is 17.3 Å². The second-order valence-electron chi connectivity index (χ2n) is 5.49. The normalized spacial score (nSPS) is 23.3. The minimum absolute atomic E-state index is 0.714. The highest BCUT2D eigenvalue weighted by Gasteiger charge is 2.33. The van der Waals surface area contributed by atoms with Crippen LogP contribution in [0.2, 0.25) is 0 Å². The van der Waals surface area contributed by atoms with Gasteiger partial charge in [0.2, 0.25) is 0 Å². The van der Waals surface area contributed by atoms with E-state index in [0.29, 0.717) is 5.92 Å². The predicted octanol–water partition coefficient (Wildman–Crippen LogP) is 5.15. The maximum atomic E-state index is 10.6. The van der Waals surface area contributed by atoms with Gasteiger partial charge < -0.3 is 5.11 Å². The summed E-state index contributed by atoms with van der Waals surface area (Å²) < 4.78 is 2.97. The molecule has 1 rings (SSSR count). The first-order chi connectivity index (χ1) is 11.0. The molecule has 4 heteroatoms. The van der Waals surface area contributed by atoms with E-state index in [-0.39, 0.29) is 0 Å². The topological polar surface area (TPSA) is 58.3 Å². The van der Waals surface area contributed by atoms with Gasteiger partial charge in [-0.1, -0.05) is 65.5 Å². The summed E-state index contributed by atoms with van der Waals surface area (Å²) in [4.78, 5) is 0. The number of allylic oxidation sites excluding steroid dienone is 1. The van der Waals surface area contributed by atoms with E-state index in [0.717, 1.165) is 61.9 Å². The molecule has 0 saturated heterocycles. The van der Waals surface area contributed by atoms with Gasteiger partial charge in [-0.2, -0.15) is 0 Å². The first-order valence-electron chi connectivity index (χ1n) is 8.84. The summed E-state index contributed by atoms with van der Waals surface area (Å²) in [5.74, 6) is 0.715. The fourth-order valence-corrected chi connectivity index (χ4v) is 2.51. The van der Waals surface area contributed by atoms with E-state index in [2.05, 4.69) is 24.8 Å². The SMILES string of the molecule is C=C(/C=C\C(=C)C1(O)CCC(C)CC1)CCNSN.CC.CC. The van der Waals surface area contributed by atoms with Crippen LogP contribution in [0, 0.1) is 5.92 Å². The van der Waals surface area contributed by atoms with Crippen molar-refractivity contribution in [2.45, 2.75) is 72.3 Å². The van der Waals surface area contributed by atoms with Crippen molar-refractivity contribution in [3.63, 3.8) is 0 Å². The minimum Gasteiger partial charge on any atom is -0.385 e. The zero-order valence-corrected chi connectivity index (χ0v) is 16.6. The number of rotatable bonds is 7. The van der Waals surface area contributed by atoms with Crippen molar-refractivity contribution in [2.75, 3.05) is 6.54 Å². The molecule has 1 saturated carbocycles. The van der Waals surface area contributed by atoms with Crippen LogP contribution in [0.15, 0.2) is 36.5 Å². The summed E-state index contributed by atoms with van der Waals surface area (Å²) in [5, 5.41) is 15.8. The maximum absolute atomic E-state index is 10.6. The van der Waals surface area contributed by atoms with Gasteiger partial charge in [0.05, 0.1) is 5.60 Å². The zero-order valence-electron chi connectivity index (χ0n) is 15.8. The van der Waals surface area contributed by atoms with Crippen molar-refractivity contribution in [1.82, 2.24) is 4.72 Å². The minimum atomic E-state index is -0.714. The van der Waals surface area contributed by atoms with Crippen LogP contribution < -0.4 is 9.86 Å². The van der Waals surface area contributed by atoms with Crippen molar-refractivity contribution in [2.24, 2.45) is 11.1 Å². The maximum Gasteiger partial charge on any atom is 0.0891 e. The number of nitrogens with one attached hydrogen (secondary N) is 1. The van der Waals surface area contributed by atoms with Gasteiger partial charge >= 0.3 is 0 Å². The monoisotopic (exact) mass is 342 g/mol. The van der Waals surface area contributed by atoms with Crippen LogP contribution in [0.1, 0.15) is 66.7 Å². The van der Waals surface area contributed by atoms with Gasteiger partial charge in [-0.05, 0) is 43.6 Å².